The molecule has 2 atom stereocenters. The number of halogens is 1. The van der Waals surface area contributed by atoms with Crippen LogP contribution in [-0.4, -0.2) is 32.3 Å². The molecular formula is C17H27ClN2O. The van der Waals surface area contributed by atoms with Crippen molar-refractivity contribution >= 4 is 17.3 Å². The van der Waals surface area contributed by atoms with Gasteiger partial charge < -0.3 is 15.0 Å². The highest BCUT2D eigenvalue weighted by Gasteiger charge is 2.28. The molecule has 2 rings (SSSR count). The molecule has 118 valence electrons. The molecule has 1 N–H and O–H groups in total. The summed E-state index contributed by atoms with van der Waals surface area (Å²) in [5.41, 5.74) is 1.10. The predicted octanol–water partition coefficient (Wildman–Crippen LogP) is 3.95. The summed E-state index contributed by atoms with van der Waals surface area (Å²) < 4.78 is 5.36. The standard InChI is InChI=1S/C17H27ClN2O/c1-5-14-10-19-13(8-12(2)3)11-20(14)17-9-15(21-4)6-7-16(17)18/h6-7,9,12-14,19H,5,8,10-11H2,1-4H3. The van der Waals surface area contributed by atoms with Crippen molar-refractivity contribution in [1.29, 1.82) is 0 Å². The first-order valence-corrected chi connectivity index (χ1v) is 8.26. The molecule has 0 saturated carbocycles. The second kappa shape index (κ2) is 7.37. The molecule has 0 spiro atoms. The molecule has 4 heteroatoms. The number of anilines is 1. The normalized spacial score (nSPS) is 22.7. The molecule has 1 aliphatic rings. The van der Waals surface area contributed by atoms with Gasteiger partial charge in [0, 0.05) is 31.2 Å². The molecule has 0 radical (unpaired) electrons. The first kappa shape index (κ1) is 16.4. The van der Waals surface area contributed by atoms with Crippen LogP contribution in [0.1, 0.15) is 33.6 Å². The minimum absolute atomic E-state index is 0.484. The Morgan fingerprint density at radius 2 is 2.19 bits per heavy atom. The van der Waals surface area contributed by atoms with Crippen LogP contribution in [0.3, 0.4) is 0 Å². The third-order valence-corrected chi connectivity index (χ3v) is 4.51. The zero-order valence-corrected chi connectivity index (χ0v) is 14.3. The Bertz CT molecular complexity index is 464. The van der Waals surface area contributed by atoms with Crippen molar-refractivity contribution in [3.8, 4) is 5.75 Å². The smallest absolute Gasteiger partial charge is 0.121 e. The third-order valence-electron chi connectivity index (χ3n) is 4.19. The highest BCUT2D eigenvalue weighted by atomic mass is 35.5. The van der Waals surface area contributed by atoms with Gasteiger partial charge in [-0.05, 0) is 30.9 Å². The van der Waals surface area contributed by atoms with E-state index in [0.717, 1.165) is 36.0 Å². The molecule has 1 aromatic rings. The maximum absolute atomic E-state index is 6.44. The molecule has 0 bridgehead atoms. The predicted molar refractivity (Wildman–Crippen MR) is 90.7 cm³/mol. The Labute approximate surface area is 133 Å². The van der Waals surface area contributed by atoms with E-state index in [4.69, 9.17) is 16.3 Å². The number of methoxy groups -OCH3 is 1. The van der Waals surface area contributed by atoms with Crippen LogP contribution in [0.2, 0.25) is 5.02 Å². The Morgan fingerprint density at radius 1 is 1.43 bits per heavy atom. The monoisotopic (exact) mass is 310 g/mol. The van der Waals surface area contributed by atoms with Crippen LogP contribution in [0.25, 0.3) is 0 Å². The van der Waals surface area contributed by atoms with Crippen LogP contribution >= 0.6 is 11.6 Å². The van der Waals surface area contributed by atoms with Gasteiger partial charge in [-0.25, -0.2) is 0 Å². The quantitative estimate of drug-likeness (QED) is 0.891. The second-order valence-corrected chi connectivity index (χ2v) is 6.67. The molecule has 1 heterocycles. The van der Waals surface area contributed by atoms with E-state index in [1.54, 1.807) is 7.11 Å². The van der Waals surface area contributed by atoms with Crippen LogP contribution in [0, 0.1) is 5.92 Å². The molecule has 1 saturated heterocycles. The van der Waals surface area contributed by atoms with Gasteiger partial charge in [0.2, 0.25) is 0 Å². The zero-order valence-electron chi connectivity index (χ0n) is 13.5. The van der Waals surface area contributed by atoms with Crippen molar-refractivity contribution in [3.63, 3.8) is 0 Å². The lowest BCUT2D eigenvalue weighted by atomic mass is 9.98. The van der Waals surface area contributed by atoms with Crippen molar-refractivity contribution in [2.24, 2.45) is 5.92 Å². The van der Waals surface area contributed by atoms with Crippen LogP contribution < -0.4 is 15.0 Å². The highest BCUT2D eigenvalue weighted by molar-refractivity contribution is 6.33. The fraction of sp³-hybridized carbons (Fsp3) is 0.647. The van der Waals surface area contributed by atoms with Crippen molar-refractivity contribution in [2.75, 3.05) is 25.1 Å². The summed E-state index contributed by atoms with van der Waals surface area (Å²) in [6, 6.07) is 6.92. The molecule has 1 aromatic carbocycles. The van der Waals surface area contributed by atoms with E-state index in [1.165, 1.54) is 6.42 Å². The van der Waals surface area contributed by atoms with Crippen molar-refractivity contribution in [3.05, 3.63) is 23.2 Å². The average molecular weight is 311 g/mol. The Balaban J connectivity index is 2.24. The molecular weight excluding hydrogens is 284 g/mol. The molecule has 1 fully saturated rings. The molecule has 0 aromatic heterocycles. The van der Waals surface area contributed by atoms with E-state index in [1.807, 2.05) is 12.1 Å². The van der Waals surface area contributed by atoms with Crippen molar-refractivity contribution in [1.82, 2.24) is 5.32 Å². The maximum Gasteiger partial charge on any atom is 0.121 e. The van der Waals surface area contributed by atoms with E-state index in [9.17, 15) is 0 Å². The van der Waals surface area contributed by atoms with Gasteiger partial charge in [0.05, 0.1) is 17.8 Å². The number of nitrogens with zero attached hydrogens (tertiary/aromatic N) is 1. The fourth-order valence-corrected chi connectivity index (χ4v) is 3.32. The summed E-state index contributed by atoms with van der Waals surface area (Å²) in [5.74, 6) is 1.56. The molecule has 0 aliphatic carbocycles. The Kier molecular flexibility index (Phi) is 5.77. The molecule has 3 nitrogen and oxygen atoms in total. The number of hydrogen-bond donors (Lipinski definition) is 1. The summed E-state index contributed by atoms with van der Waals surface area (Å²) in [5, 5.41) is 4.49. The number of benzene rings is 1. The highest BCUT2D eigenvalue weighted by Crippen LogP contribution is 2.33. The van der Waals surface area contributed by atoms with Gasteiger partial charge in [0.25, 0.3) is 0 Å². The topological polar surface area (TPSA) is 24.5 Å². The molecule has 0 amide bonds. The van der Waals surface area contributed by atoms with Crippen LogP contribution in [0.15, 0.2) is 18.2 Å². The van der Waals surface area contributed by atoms with E-state index in [0.29, 0.717) is 18.0 Å². The molecule has 21 heavy (non-hydrogen) atoms. The number of nitrogens with one attached hydrogen (secondary N) is 1. The lowest BCUT2D eigenvalue weighted by Crippen LogP contribution is -2.56. The number of piperazine rings is 1. The van der Waals surface area contributed by atoms with Crippen LogP contribution in [0.4, 0.5) is 5.69 Å². The first-order chi connectivity index (χ1) is 10.0. The van der Waals surface area contributed by atoms with Gasteiger partial charge in [-0.3, -0.25) is 0 Å². The van der Waals surface area contributed by atoms with Crippen LogP contribution in [0.5, 0.6) is 5.75 Å². The third kappa shape index (κ3) is 4.04. The number of rotatable bonds is 5. The van der Waals surface area contributed by atoms with E-state index < -0.39 is 0 Å². The fourth-order valence-electron chi connectivity index (χ4n) is 3.09. The van der Waals surface area contributed by atoms with E-state index >= 15 is 0 Å². The van der Waals surface area contributed by atoms with Crippen molar-refractivity contribution in [2.45, 2.75) is 45.7 Å². The summed E-state index contributed by atoms with van der Waals surface area (Å²) >= 11 is 6.44. The van der Waals surface area contributed by atoms with Gasteiger partial charge in [-0.15, -0.1) is 0 Å². The minimum Gasteiger partial charge on any atom is -0.497 e. The Hall–Kier alpha value is -0.930. The van der Waals surface area contributed by atoms with E-state index in [-0.39, 0.29) is 0 Å². The van der Waals surface area contributed by atoms with Gasteiger partial charge in [0.1, 0.15) is 5.75 Å². The largest absolute Gasteiger partial charge is 0.497 e. The zero-order chi connectivity index (χ0) is 15.4. The van der Waals surface area contributed by atoms with Gasteiger partial charge in [-0.1, -0.05) is 32.4 Å². The Morgan fingerprint density at radius 3 is 2.81 bits per heavy atom. The SMILES string of the molecule is CCC1CNC(CC(C)C)CN1c1cc(OC)ccc1Cl. The van der Waals surface area contributed by atoms with Gasteiger partial charge >= 0.3 is 0 Å². The minimum atomic E-state index is 0.484. The molecule has 1 aliphatic heterocycles. The van der Waals surface area contributed by atoms with Crippen molar-refractivity contribution < 1.29 is 4.74 Å². The van der Waals surface area contributed by atoms with Crippen LogP contribution in [-0.2, 0) is 0 Å². The van der Waals surface area contributed by atoms with E-state index in [2.05, 4.69) is 37.1 Å². The average Bonchev–Trinajstić information content (AvgIpc) is 2.47. The first-order valence-electron chi connectivity index (χ1n) is 7.88. The lowest BCUT2D eigenvalue weighted by Gasteiger charge is -2.42. The van der Waals surface area contributed by atoms with Gasteiger partial charge in [-0.2, -0.15) is 0 Å². The number of ether oxygens (including phenoxy) is 1. The second-order valence-electron chi connectivity index (χ2n) is 6.27. The summed E-state index contributed by atoms with van der Waals surface area (Å²) in [6.45, 7) is 8.80. The summed E-state index contributed by atoms with van der Waals surface area (Å²) in [7, 11) is 1.70. The molecule has 2 unspecified atom stereocenters. The summed E-state index contributed by atoms with van der Waals surface area (Å²) in [4.78, 5) is 2.45. The van der Waals surface area contributed by atoms with Gasteiger partial charge in [0.15, 0.2) is 0 Å². The summed E-state index contributed by atoms with van der Waals surface area (Å²) in [6.07, 6.45) is 2.30. The maximum atomic E-state index is 6.44. The number of hydrogen-bond acceptors (Lipinski definition) is 3. The lowest BCUT2D eigenvalue weighted by molar-refractivity contribution is 0.343.